The SMILES string of the molecule is O=C(c1ccc(F)cc1)N1C[C@H](OCc2cccnc2)[C@H]2COC[C@H]21. The number of pyridine rings is 1. The molecular weight excluding hydrogens is 323 g/mol. The summed E-state index contributed by atoms with van der Waals surface area (Å²) in [6.45, 7) is 2.09. The fourth-order valence-electron chi connectivity index (χ4n) is 3.56. The van der Waals surface area contributed by atoms with Gasteiger partial charge in [0, 0.05) is 30.4 Å². The van der Waals surface area contributed by atoms with Gasteiger partial charge in [0.05, 0.1) is 32.0 Å². The molecule has 1 aromatic heterocycles. The largest absolute Gasteiger partial charge is 0.379 e. The zero-order valence-corrected chi connectivity index (χ0v) is 13.7. The van der Waals surface area contributed by atoms with E-state index >= 15 is 0 Å². The van der Waals surface area contributed by atoms with Crippen LogP contribution < -0.4 is 0 Å². The Morgan fingerprint density at radius 2 is 2.12 bits per heavy atom. The van der Waals surface area contributed by atoms with Crippen molar-refractivity contribution in [3.05, 3.63) is 65.7 Å². The molecule has 0 radical (unpaired) electrons. The maximum absolute atomic E-state index is 13.1. The van der Waals surface area contributed by atoms with Gasteiger partial charge in [-0.3, -0.25) is 9.78 Å². The Bertz CT molecular complexity index is 738. The van der Waals surface area contributed by atoms with Gasteiger partial charge in [-0.2, -0.15) is 0 Å². The van der Waals surface area contributed by atoms with Crippen molar-refractivity contribution in [2.45, 2.75) is 18.8 Å². The number of aromatic nitrogens is 1. The lowest BCUT2D eigenvalue weighted by atomic mass is 10.0. The summed E-state index contributed by atoms with van der Waals surface area (Å²) in [4.78, 5) is 18.7. The van der Waals surface area contributed by atoms with Gasteiger partial charge in [-0.25, -0.2) is 4.39 Å². The Morgan fingerprint density at radius 3 is 2.88 bits per heavy atom. The Labute approximate surface area is 145 Å². The second-order valence-electron chi connectivity index (χ2n) is 6.44. The number of likely N-dealkylation sites (tertiary alicyclic amines) is 1. The normalized spacial score (nSPS) is 25.2. The molecule has 2 aliphatic heterocycles. The Hall–Kier alpha value is -2.31. The fourth-order valence-corrected chi connectivity index (χ4v) is 3.56. The van der Waals surface area contributed by atoms with Crippen molar-refractivity contribution in [1.82, 2.24) is 9.88 Å². The van der Waals surface area contributed by atoms with Crippen LogP contribution in [0.15, 0.2) is 48.8 Å². The predicted octanol–water partition coefficient (Wildman–Crippen LogP) is 2.28. The molecule has 4 rings (SSSR count). The van der Waals surface area contributed by atoms with Crippen LogP contribution in [0.5, 0.6) is 0 Å². The summed E-state index contributed by atoms with van der Waals surface area (Å²) in [6, 6.07) is 9.51. The molecule has 2 aromatic rings. The molecule has 0 bridgehead atoms. The quantitative estimate of drug-likeness (QED) is 0.855. The Balaban J connectivity index is 1.46. The summed E-state index contributed by atoms with van der Waals surface area (Å²) in [7, 11) is 0. The number of carbonyl (C=O) groups excluding carboxylic acids is 1. The molecule has 0 spiro atoms. The van der Waals surface area contributed by atoms with Crippen LogP contribution in [0.3, 0.4) is 0 Å². The van der Waals surface area contributed by atoms with E-state index in [1.165, 1.54) is 24.3 Å². The number of amides is 1. The summed E-state index contributed by atoms with van der Waals surface area (Å²) in [5.41, 5.74) is 1.49. The molecule has 0 saturated carbocycles. The summed E-state index contributed by atoms with van der Waals surface area (Å²) in [5, 5.41) is 0. The van der Waals surface area contributed by atoms with Gasteiger partial charge in [0.1, 0.15) is 5.82 Å². The van der Waals surface area contributed by atoms with Gasteiger partial charge in [-0.05, 0) is 35.9 Å². The molecule has 6 heteroatoms. The summed E-state index contributed by atoms with van der Waals surface area (Å²) in [6.07, 6.45) is 3.43. The van der Waals surface area contributed by atoms with Crippen LogP contribution >= 0.6 is 0 Å². The lowest BCUT2D eigenvalue weighted by Gasteiger charge is -2.22. The summed E-state index contributed by atoms with van der Waals surface area (Å²) >= 11 is 0. The number of hydrogen-bond acceptors (Lipinski definition) is 4. The molecule has 130 valence electrons. The maximum atomic E-state index is 13.1. The van der Waals surface area contributed by atoms with E-state index in [1.807, 2.05) is 12.1 Å². The van der Waals surface area contributed by atoms with Crippen molar-refractivity contribution < 1.29 is 18.7 Å². The summed E-state index contributed by atoms with van der Waals surface area (Å²) < 4.78 is 24.7. The topological polar surface area (TPSA) is 51.7 Å². The first-order chi connectivity index (χ1) is 12.2. The molecule has 2 saturated heterocycles. The van der Waals surface area contributed by atoms with Crippen molar-refractivity contribution in [2.24, 2.45) is 5.92 Å². The first-order valence-electron chi connectivity index (χ1n) is 8.37. The van der Waals surface area contributed by atoms with Crippen LogP contribution in [-0.4, -0.2) is 47.7 Å². The number of rotatable bonds is 4. The van der Waals surface area contributed by atoms with Crippen LogP contribution in [0.2, 0.25) is 0 Å². The number of benzene rings is 1. The average Bonchev–Trinajstić information content (AvgIpc) is 3.24. The average molecular weight is 342 g/mol. The minimum Gasteiger partial charge on any atom is -0.379 e. The highest BCUT2D eigenvalue weighted by atomic mass is 19.1. The highest BCUT2D eigenvalue weighted by Crippen LogP contribution is 2.33. The second kappa shape index (κ2) is 6.90. The molecule has 0 N–H and O–H groups in total. The van der Waals surface area contributed by atoms with Crippen molar-refractivity contribution in [3.63, 3.8) is 0 Å². The molecular formula is C19H19FN2O3. The first kappa shape index (κ1) is 16.2. The number of hydrogen-bond donors (Lipinski definition) is 0. The minimum absolute atomic E-state index is 0.0106. The van der Waals surface area contributed by atoms with Crippen molar-refractivity contribution >= 4 is 5.91 Å². The maximum Gasteiger partial charge on any atom is 0.254 e. The smallest absolute Gasteiger partial charge is 0.254 e. The predicted molar refractivity (Wildman–Crippen MR) is 88.3 cm³/mol. The van der Waals surface area contributed by atoms with E-state index in [2.05, 4.69) is 4.98 Å². The van der Waals surface area contributed by atoms with Gasteiger partial charge in [-0.15, -0.1) is 0 Å². The van der Waals surface area contributed by atoms with Gasteiger partial charge in [0.15, 0.2) is 0 Å². The zero-order chi connectivity index (χ0) is 17.2. The van der Waals surface area contributed by atoms with Crippen molar-refractivity contribution in [1.29, 1.82) is 0 Å². The number of fused-ring (bicyclic) bond motifs is 1. The number of carbonyl (C=O) groups is 1. The van der Waals surface area contributed by atoms with Crippen LogP contribution in [0.1, 0.15) is 15.9 Å². The van der Waals surface area contributed by atoms with E-state index in [9.17, 15) is 9.18 Å². The van der Waals surface area contributed by atoms with Gasteiger partial charge < -0.3 is 14.4 Å². The molecule has 0 unspecified atom stereocenters. The van der Waals surface area contributed by atoms with Crippen molar-refractivity contribution in [3.8, 4) is 0 Å². The third-order valence-electron chi connectivity index (χ3n) is 4.89. The van der Waals surface area contributed by atoms with Crippen LogP contribution in [0.4, 0.5) is 4.39 Å². The van der Waals surface area contributed by atoms with E-state index in [-0.39, 0.29) is 29.8 Å². The monoisotopic (exact) mass is 342 g/mol. The molecule has 3 atom stereocenters. The van der Waals surface area contributed by atoms with Crippen LogP contribution in [0, 0.1) is 11.7 Å². The van der Waals surface area contributed by atoms with E-state index in [1.54, 1.807) is 17.3 Å². The molecule has 1 aromatic carbocycles. The van der Waals surface area contributed by atoms with E-state index in [0.29, 0.717) is 31.9 Å². The van der Waals surface area contributed by atoms with E-state index in [0.717, 1.165) is 5.56 Å². The Morgan fingerprint density at radius 1 is 1.28 bits per heavy atom. The summed E-state index contributed by atoms with van der Waals surface area (Å²) in [5.74, 6) is -0.285. The standard InChI is InChI=1S/C19H19FN2O3/c20-15-5-3-14(4-6-15)19(23)22-9-18(16-11-24-12-17(16)22)25-10-13-2-1-7-21-8-13/h1-8,16-18H,9-12H2/t16-,17+,18-/m0/s1. The number of ether oxygens (including phenoxy) is 2. The van der Waals surface area contributed by atoms with Crippen LogP contribution in [-0.2, 0) is 16.1 Å². The second-order valence-corrected chi connectivity index (χ2v) is 6.44. The highest BCUT2D eigenvalue weighted by Gasteiger charge is 2.48. The molecule has 2 fully saturated rings. The minimum atomic E-state index is -0.349. The van der Waals surface area contributed by atoms with Gasteiger partial charge in [0.25, 0.3) is 5.91 Å². The number of nitrogens with zero attached hydrogens (tertiary/aromatic N) is 2. The zero-order valence-electron chi connectivity index (χ0n) is 13.7. The molecule has 0 aliphatic carbocycles. The van der Waals surface area contributed by atoms with Gasteiger partial charge >= 0.3 is 0 Å². The van der Waals surface area contributed by atoms with Gasteiger partial charge in [-0.1, -0.05) is 6.07 Å². The van der Waals surface area contributed by atoms with E-state index < -0.39 is 0 Å². The number of halogens is 1. The first-order valence-corrected chi connectivity index (χ1v) is 8.37. The van der Waals surface area contributed by atoms with Crippen molar-refractivity contribution in [2.75, 3.05) is 19.8 Å². The molecule has 2 aliphatic rings. The molecule has 25 heavy (non-hydrogen) atoms. The lowest BCUT2D eigenvalue weighted by molar-refractivity contribution is 0.00925. The molecule has 3 heterocycles. The highest BCUT2D eigenvalue weighted by molar-refractivity contribution is 5.94. The molecule has 5 nitrogen and oxygen atoms in total. The van der Waals surface area contributed by atoms with E-state index in [4.69, 9.17) is 9.47 Å². The van der Waals surface area contributed by atoms with Crippen LogP contribution in [0.25, 0.3) is 0 Å². The molecule has 1 amide bonds. The third-order valence-corrected chi connectivity index (χ3v) is 4.89. The fraction of sp³-hybridized carbons (Fsp3) is 0.368. The third kappa shape index (κ3) is 3.27. The van der Waals surface area contributed by atoms with Gasteiger partial charge in [0.2, 0.25) is 0 Å². The lowest BCUT2D eigenvalue weighted by Crippen LogP contribution is -2.38. The Kier molecular flexibility index (Phi) is 4.46.